The van der Waals surface area contributed by atoms with E-state index >= 15 is 0 Å². The van der Waals surface area contributed by atoms with Crippen molar-refractivity contribution in [3.05, 3.63) is 29.8 Å². The summed E-state index contributed by atoms with van der Waals surface area (Å²) < 4.78 is 38.1. The normalized spacial score (nSPS) is 17.1. The molecule has 0 atom stereocenters. The molecule has 1 saturated heterocycles. The van der Waals surface area contributed by atoms with Crippen LogP contribution in [0.25, 0.3) is 0 Å². The molecule has 1 aliphatic heterocycles. The van der Waals surface area contributed by atoms with Crippen LogP contribution in [0.5, 0.6) is 0 Å². The average Bonchev–Trinajstić information content (AvgIpc) is 2.46. The van der Waals surface area contributed by atoms with Crippen LogP contribution in [0, 0.1) is 0 Å². The van der Waals surface area contributed by atoms with Gasteiger partial charge in [0.1, 0.15) is 0 Å². The fourth-order valence-corrected chi connectivity index (χ4v) is 2.50. The van der Waals surface area contributed by atoms with Gasteiger partial charge in [-0.1, -0.05) is 6.07 Å². The van der Waals surface area contributed by atoms with Crippen LogP contribution in [0.1, 0.15) is 18.4 Å². The van der Waals surface area contributed by atoms with Gasteiger partial charge in [0.2, 0.25) is 6.41 Å². The Labute approximate surface area is 116 Å². The topological polar surface area (TPSA) is 23.6 Å². The predicted molar refractivity (Wildman–Crippen MR) is 70.5 cm³/mol. The highest BCUT2D eigenvalue weighted by Gasteiger charge is 2.31. The van der Waals surface area contributed by atoms with E-state index in [2.05, 4.69) is 0 Å². The van der Waals surface area contributed by atoms with Crippen molar-refractivity contribution in [3.63, 3.8) is 0 Å². The first-order valence-corrected chi connectivity index (χ1v) is 6.51. The van der Waals surface area contributed by atoms with E-state index in [1.807, 2.05) is 4.90 Å². The second kappa shape index (κ2) is 5.73. The average molecular weight is 286 g/mol. The number of alkyl halides is 3. The van der Waals surface area contributed by atoms with Crippen LogP contribution in [0.4, 0.5) is 18.9 Å². The summed E-state index contributed by atoms with van der Waals surface area (Å²) in [6.45, 7) is 1.31. The standard InChI is InChI=1S/C14H17F3N2O/c1-18(10-20)12-5-7-19(8-6-12)13-4-2-3-11(9-13)14(15,16)17/h2-4,9-10,12H,5-8H2,1H3. The largest absolute Gasteiger partial charge is 0.416 e. The highest BCUT2D eigenvalue weighted by atomic mass is 19.4. The summed E-state index contributed by atoms with van der Waals surface area (Å²) in [4.78, 5) is 14.3. The Hall–Kier alpha value is -1.72. The first-order valence-electron chi connectivity index (χ1n) is 6.51. The molecule has 1 aliphatic rings. The van der Waals surface area contributed by atoms with Crippen molar-refractivity contribution in [2.45, 2.75) is 25.1 Å². The van der Waals surface area contributed by atoms with E-state index in [0.717, 1.165) is 25.3 Å². The third-order valence-corrected chi connectivity index (χ3v) is 3.75. The summed E-state index contributed by atoms with van der Waals surface area (Å²) in [5.74, 6) is 0. The molecule has 0 N–H and O–H groups in total. The molecular weight excluding hydrogens is 269 g/mol. The third kappa shape index (κ3) is 3.23. The van der Waals surface area contributed by atoms with E-state index in [4.69, 9.17) is 0 Å². The van der Waals surface area contributed by atoms with Gasteiger partial charge in [0.25, 0.3) is 0 Å². The Balaban J connectivity index is 2.06. The molecule has 1 fully saturated rings. The summed E-state index contributed by atoms with van der Waals surface area (Å²) >= 11 is 0. The van der Waals surface area contributed by atoms with Crippen LogP contribution >= 0.6 is 0 Å². The number of rotatable bonds is 3. The van der Waals surface area contributed by atoms with Crippen molar-refractivity contribution in [1.29, 1.82) is 0 Å². The molecule has 2 rings (SSSR count). The lowest BCUT2D eigenvalue weighted by molar-refractivity contribution is -0.137. The summed E-state index contributed by atoms with van der Waals surface area (Å²) in [5.41, 5.74) is -0.0332. The van der Waals surface area contributed by atoms with Crippen molar-refractivity contribution >= 4 is 12.1 Å². The van der Waals surface area contributed by atoms with E-state index in [1.54, 1.807) is 18.0 Å². The van der Waals surface area contributed by atoms with Crippen molar-refractivity contribution in [2.24, 2.45) is 0 Å². The van der Waals surface area contributed by atoms with Crippen LogP contribution in [0.3, 0.4) is 0 Å². The summed E-state index contributed by atoms with van der Waals surface area (Å²) in [7, 11) is 1.73. The predicted octanol–water partition coefficient (Wildman–Crippen LogP) is 2.76. The van der Waals surface area contributed by atoms with Crippen molar-refractivity contribution in [3.8, 4) is 0 Å². The van der Waals surface area contributed by atoms with Crippen molar-refractivity contribution < 1.29 is 18.0 Å². The molecule has 0 aromatic heterocycles. The zero-order valence-electron chi connectivity index (χ0n) is 11.2. The quantitative estimate of drug-likeness (QED) is 0.798. The Morgan fingerprint density at radius 1 is 1.30 bits per heavy atom. The Morgan fingerprint density at radius 2 is 1.95 bits per heavy atom. The number of hydrogen-bond donors (Lipinski definition) is 0. The molecule has 1 aromatic rings. The maximum Gasteiger partial charge on any atom is 0.416 e. The minimum absolute atomic E-state index is 0.176. The summed E-state index contributed by atoms with van der Waals surface area (Å²) in [6, 6.07) is 5.57. The first kappa shape index (κ1) is 14.7. The van der Waals surface area contributed by atoms with Crippen molar-refractivity contribution in [2.75, 3.05) is 25.0 Å². The van der Waals surface area contributed by atoms with E-state index in [0.29, 0.717) is 18.8 Å². The van der Waals surface area contributed by atoms with Crippen molar-refractivity contribution in [1.82, 2.24) is 4.90 Å². The van der Waals surface area contributed by atoms with Gasteiger partial charge >= 0.3 is 6.18 Å². The van der Waals surface area contributed by atoms with Gasteiger partial charge in [-0.15, -0.1) is 0 Å². The number of benzene rings is 1. The Kier molecular flexibility index (Phi) is 4.20. The molecule has 3 nitrogen and oxygen atoms in total. The smallest absolute Gasteiger partial charge is 0.371 e. The van der Waals surface area contributed by atoms with Gasteiger partial charge in [-0.2, -0.15) is 13.2 Å². The number of carbonyl (C=O) groups excluding carboxylic acids is 1. The molecule has 1 amide bonds. The van der Waals surface area contributed by atoms with E-state index in [9.17, 15) is 18.0 Å². The number of carbonyl (C=O) groups is 1. The zero-order valence-corrected chi connectivity index (χ0v) is 11.2. The number of amides is 1. The fraction of sp³-hybridized carbons (Fsp3) is 0.500. The molecule has 110 valence electrons. The van der Waals surface area contributed by atoms with Gasteiger partial charge in [-0.05, 0) is 31.0 Å². The molecule has 0 radical (unpaired) electrons. The number of halogens is 3. The van der Waals surface area contributed by atoms with Gasteiger partial charge in [0, 0.05) is 31.9 Å². The van der Waals surface area contributed by atoms with E-state index in [-0.39, 0.29) is 6.04 Å². The maximum atomic E-state index is 12.7. The fourth-order valence-electron chi connectivity index (χ4n) is 2.50. The monoisotopic (exact) mass is 286 g/mol. The van der Waals surface area contributed by atoms with Crippen LogP contribution in [-0.4, -0.2) is 37.5 Å². The summed E-state index contributed by atoms with van der Waals surface area (Å²) in [5, 5.41) is 0. The number of anilines is 1. The van der Waals surface area contributed by atoms with Crippen LogP contribution in [-0.2, 0) is 11.0 Å². The zero-order chi connectivity index (χ0) is 14.8. The minimum Gasteiger partial charge on any atom is -0.371 e. The molecule has 0 unspecified atom stereocenters. The van der Waals surface area contributed by atoms with Crippen LogP contribution < -0.4 is 4.90 Å². The lowest BCUT2D eigenvalue weighted by atomic mass is 10.0. The lowest BCUT2D eigenvalue weighted by Crippen LogP contribution is -2.43. The van der Waals surface area contributed by atoms with E-state index in [1.165, 1.54) is 12.1 Å². The van der Waals surface area contributed by atoms with Gasteiger partial charge in [0.15, 0.2) is 0 Å². The van der Waals surface area contributed by atoms with Gasteiger partial charge in [-0.3, -0.25) is 4.79 Å². The third-order valence-electron chi connectivity index (χ3n) is 3.75. The molecule has 1 heterocycles. The number of hydrogen-bond acceptors (Lipinski definition) is 2. The molecule has 1 aromatic carbocycles. The lowest BCUT2D eigenvalue weighted by Gasteiger charge is -2.36. The summed E-state index contributed by atoms with van der Waals surface area (Å²) in [6.07, 6.45) is -1.98. The van der Waals surface area contributed by atoms with Crippen LogP contribution in [0.2, 0.25) is 0 Å². The Bertz CT molecular complexity index is 468. The highest BCUT2D eigenvalue weighted by Crippen LogP contribution is 2.32. The Morgan fingerprint density at radius 3 is 2.50 bits per heavy atom. The molecule has 0 aliphatic carbocycles. The van der Waals surface area contributed by atoms with Crippen LogP contribution in [0.15, 0.2) is 24.3 Å². The maximum absolute atomic E-state index is 12.7. The molecule has 20 heavy (non-hydrogen) atoms. The van der Waals surface area contributed by atoms with Gasteiger partial charge in [0.05, 0.1) is 5.56 Å². The SMILES string of the molecule is CN(C=O)C1CCN(c2cccc(C(F)(F)F)c2)CC1. The number of piperidine rings is 1. The highest BCUT2D eigenvalue weighted by molar-refractivity contribution is 5.50. The molecular formula is C14H17F3N2O. The second-order valence-electron chi connectivity index (χ2n) is 5.04. The second-order valence-corrected chi connectivity index (χ2v) is 5.04. The molecule has 0 bridgehead atoms. The minimum atomic E-state index is -4.31. The van der Waals surface area contributed by atoms with Gasteiger partial charge in [-0.25, -0.2) is 0 Å². The van der Waals surface area contributed by atoms with E-state index < -0.39 is 11.7 Å². The molecule has 0 spiro atoms. The molecule has 0 saturated carbocycles. The van der Waals surface area contributed by atoms with Gasteiger partial charge < -0.3 is 9.80 Å². The number of nitrogens with zero attached hydrogens (tertiary/aromatic N) is 2. The first-order chi connectivity index (χ1) is 9.41. The molecule has 6 heteroatoms.